The fourth-order valence-corrected chi connectivity index (χ4v) is 1.32. The SMILES string of the molecule is NCc1cc2ccc(=O)oc2cc1O. The number of hydrogen-bond donors (Lipinski definition) is 2. The lowest BCUT2D eigenvalue weighted by molar-refractivity contribution is 0.466. The highest BCUT2D eigenvalue weighted by Crippen LogP contribution is 2.23. The summed E-state index contributed by atoms with van der Waals surface area (Å²) in [7, 11) is 0. The molecule has 0 aliphatic carbocycles. The van der Waals surface area contributed by atoms with Crippen LogP contribution in [0, 0.1) is 0 Å². The van der Waals surface area contributed by atoms with E-state index in [4.69, 9.17) is 10.2 Å². The predicted octanol–water partition coefficient (Wildman–Crippen LogP) is 0.957. The van der Waals surface area contributed by atoms with E-state index in [1.54, 1.807) is 12.1 Å². The van der Waals surface area contributed by atoms with E-state index in [2.05, 4.69) is 0 Å². The van der Waals surface area contributed by atoms with Crippen molar-refractivity contribution in [1.82, 2.24) is 0 Å². The van der Waals surface area contributed by atoms with Crippen LogP contribution in [-0.4, -0.2) is 5.11 Å². The Morgan fingerprint density at radius 3 is 2.86 bits per heavy atom. The van der Waals surface area contributed by atoms with Crippen LogP contribution in [0.1, 0.15) is 5.56 Å². The van der Waals surface area contributed by atoms with Gasteiger partial charge in [0, 0.05) is 29.6 Å². The number of benzene rings is 1. The number of aromatic hydroxyl groups is 1. The van der Waals surface area contributed by atoms with E-state index in [9.17, 15) is 9.90 Å². The molecule has 1 aromatic heterocycles. The topological polar surface area (TPSA) is 76.5 Å². The van der Waals surface area contributed by atoms with Crippen LogP contribution in [-0.2, 0) is 6.54 Å². The van der Waals surface area contributed by atoms with Crippen molar-refractivity contribution in [3.05, 3.63) is 40.2 Å². The van der Waals surface area contributed by atoms with Gasteiger partial charge in [-0.05, 0) is 12.1 Å². The number of fused-ring (bicyclic) bond motifs is 1. The highest BCUT2D eigenvalue weighted by atomic mass is 16.4. The molecule has 0 fully saturated rings. The van der Waals surface area contributed by atoms with Crippen LogP contribution in [0.4, 0.5) is 0 Å². The van der Waals surface area contributed by atoms with Crippen molar-refractivity contribution >= 4 is 11.0 Å². The van der Waals surface area contributed by atoms with E-state index < -0.39 is 5.63 Å². The molecule has 72 valence electrons. The Morgan fingerprint density at radius 1 is 1.36 bits per heavy atom. The van der Waals surface area contributed by atoms with Crippen molar-refractivity contribution in [2.45, 2.75) is 6.54 Å². The predicted molar refractivity (Wildman–Crippen MR) is 52.0 cm³/mol. The highest BCUT2D eigenvalue weighted by molar-refractivity contribution is 5.79. The fourth-order valence-electron chi connectivity index (χ4n) is 1.32. The Bertz CT molecular complexity index is 530. The largest absolute Gasteiger partial charge is 0.507 e. The average molecular weight is 191 g/mol. The van der Waals surface area contributed by atoms with Crippen molar-refractivity contribution in [2.24, 2.45) is 5.73 Å². The third-order valence-corrected chi connectivity index (χ3v) is 2.04. The lowest BCUT2D eigenvalue weighted by atomic mass is 10.1. The summed E-state index contributed by atoms with van der Waals surface area (Å²) in [6.07, 6.45) is 0. The Morgan fingerprint density at radius 2 is 2.14 bits per heavy atom. The maximum Gasteiger partial charge on any atom is 0.336 e. The van der Waals surface area contributed by atoms with Gasteiger partial charge >= 0.3 is 5.63 Å². The third kappa shape index (κ3) is 1.36. The van der Waals surface area contributed by atoms with Gasteiger partial charge in [0.1, 0.15) is 11.3 Å². The molecule has 1 aromatic carbocycles. The van der Waals surface area contributed by atoms with Crippen LogP contribution >= 0.6 is 0 Å². The monoisotopic (exact) mass is 191 g/mol. The fraction of sp³-hybridized carbons (Fsp3) is 0.100. The molecule has 0 aliphatic heterocycles. The normalized spacial score (nSPS) is 10.6. The van der Waals surface area contributed by atoms with Gasteiger partial charge in [0.15, 0.2) is 0 Å². The van der Waals surface area contributed by atoms with Crippen LogP contribution < -0.4 is 11.4 Å². The second kappa shape index (κ2) is 3.16. The number of hydrogen-bond acceptors (Lipinski definition) is 4. The second-order valence-electron chi connectivity index (χ2n) is 2.98. The summed E-state index contributed by atoms with van der Waals surface area (Å²) in [5.74, 6) is 0.0503. The van der Waals surface area contributed by atoms with Crippen LogP contribution in [0.3, 0.4) is 0 Å². The van der Waals surface area contributed by atoms with Gasteiger partial charge in [-0.1, -0.05) is 0 Å². The molecule has 3 N–H and O–H groups in total. The summed E-state index contributed by atoms with van der Waals surface area (Å²) in [4.78, 5) is 10.9. The number of rotatable bonds is 1. The quantitative estimate of drug-likeness (QED) is 0.658. The molecule has 0 bridgehead atoms. The molecule has 0 aliphatic rings. The molecule has 1 heterocycles. The summed E-state index contributed by atoms with van der Waals surface area (Å²) >= 11 is 0. The summed E-state index contributed by atoms with van der Waals surface area (Å²) in [6, 6.07) is 6.08. The minimum absolute atomic E-state index is 0.0503. The molecule has 14 heavy (non-hydrogen) atoms. The van der Waals surface area contributed by atoms with Crippen LogP contribution in [0.5, 0.6) is 5.75 Å². The molecule has 0 unspecified atom stereocenters. The summed E-state index contributed by atoms with van der Waals surface area (Å²) in [6.45, 7) is 0.251. The van der Waals surface area contributed by atoms with E-state index >= 15 is 0 Å². The minimum Gasteiger partial charge on any atom is -0.507 e. The zero-order valence-electron chi connectivity index (χ0n) is 7.36. The van der Waals surface area contributed by atoms with Gasteiger partial charge in [0.2, 0.25) is 0 Å². The zero-order valence-corrected chi connectivity index (χ0v) is 7.36. The average Bonchev–Trinajstić information content (AvgIpc) is 2.16. The molecule has 0 spiro atoms. The molecule has 0 saturated heterocycles. The van der Waals surface area contributed by atoms with E-state index in [-0.39, 0.29) is 12.3 Å². The van der Waals surface area contributed by atoms with Crippen molar-refractivity contribution in [2.75, 3.05) is 0 Å². The molecule has 4 nitrogen and oxygen atoms in total. The summed E-state index contributed by atoms with van der Waals surface area (Å²) in [5.41, 5.74) is 5.98. The Balaban J connectivity index is 2.79. The maximum absolute atomic E-state index is 10.9. The van der Waals surface area contributed by atoms with Gasteiger partial charge in [-0.25, -0.2) is 4.79 Å². The Kier molecular flexibility index (Phi) is 1.98. The molecule has 0 radical (unpaired) electrons. The van der Waals surface area contributed by atoms with Gasteiger partial charge in [0.25, 0.3) is 0 Å². The van der Waals surface area contributed by atoms with Gasteiger partial charge in [0.05, 0.1) is 0 Å². The van der Waals surface area contributed by atoms with Crippen LogP contribution in [0.25, 0.3) is 11.0 Å². The molecular formula is C10H9NO3. The molecule has 4 heteroatoms. The maximum atomic E-state index is 10.9. The number of phenols is 1. The van der Waals surface area contributed by atoms with Gasteiger partial charge in [-0.3, -0.25) is 0 Å². The van der Waals surface area contributed by atoms with E-state index in [1.165, 1.54) is 12.1 Å². The lowest BCUT2D eigenvalue weighted by Gasteiger charge is -2.02. The smallest absolute Gasteiger partial charge is 0.336 e. The van der Waals surface area contributed by atoms with E-state index in [1.807, 2.05) is 0 Å². The summed E-state index contributed by atoms with van der Waals surface area (Å²) in [5, 5.41) is 10.2. The van der Waals surface area contributed by atoms with Crippen molar-refractivity contribution in [1.29, 1.82) is 0 Å². The first kappa shape index (κ1) is 8.77. The molecule has 2 aromatic rings. The number of phenolic OH excluding ortho intramolecular Hbond substituents is 1. The first-order chi connectivity index (χ1) is 6.70. The number of nitrogens with two attached hydrogens (primary N) is 1. The summed E-state index contributed by atoms with van der Waals surface area (Å²) < 4.78 is 4.89. The molecular weight excluding hydrogens is 182 g/mol. The molecule has 0 atom stereocenters. The second-order valence-corrected chi connectivity index (χ2v) is 2.98. The molecule has 2 rings (SSSR count). The lowest BCUT2D eigenvalue weighted by Crippen LogP contribution is -1.98. The first-order valence-electron chi connectivity index (χ1n) is 4.16. The van der Waals surface area contributed by atoms with Crippen LogP contribution in [0.15, 0.2) is 33.5 Å². The minimum atomic E-state index is -0.433. The van der Waals surface area contributed by atoms with Gasteiger partial charge < -0.3 is 15.3 Å². The standard InChI is InChI=1S/C10H9NO3/c11-5-7-3-6-1-2-10(13)14-9(6)4-8(7)12/h1-4,12H,5,11H2. The van der Waals surface area contributed by atoms with Crippen molar-refractivity contribution in [3.8, 4) is 5.75 Å². The zero-order chi connectivity index (χ0) is 10.1. The van der Waals surface area contributed by atoms with Crippen molar-refractivity contribution in [3.63, 3.8) is 0 Å². The third-order valence-electron chi connectivity index (χ3n) is 2.04. The Hall–Kier alpha value is -1.81. The molecule has 0 amide bonds. The van der Waals surface area contributed by atoms with E-state index in [0.717, 1.165) is 5.39 Å². The highest BCUT2D eigenvalue weighted by Gasteiger charge is 2.03. The van der Waals surface area contributed by atoms with Crippen LogP contribution in [0.2, 0.25) is 0 Å². The Labute approximate surface area is 79.6 Å². The van der Waals surface area contributed by atoms with E-state index in [0.29, 0.717) is 11.1 Å². The van der Waals surface area contributed by atoms with Crippen molar-refractivity contribution < 1.29 is 9.52 Å². The van der Waals surface area contributed by atoms with Gasteiger partial charge in [-0.2, -0.15) is 0 Å². The molecule has 0 saturated carbocycles. The first-order valence-corrected chi connectivity index (χ1v) is 4.16. The van der Waals surface area contributed by atoms with Gasteiger partial charge in [-0.15, -0.1) is 0 Å².